The molecule has 0 unspecified atom stereocenters. The Kier molecular flexibility index (Phi) is 40.8. The van der Waals surface area contributed by atoms with Crippen molar-refractivity contribution >= 4 is 13.7 Å². The fourth-order valence-electron chi connectivity index (χ4n) is 7.53. The number of hydrogen-bond acceptors (Lipinski definition) is 4. The van der Waals surface area contributed by atoms with Crippen LogP contribution in [-0.4, -0.2) is 39.6 Å². The molecule has 0 aliphatic carbocycles. The topological polar surface area (TPSA) is 116 Å². The second-order valence-corrected chi connectivity index (χ2v) is 17.7. The van der Waals surface area contributed by atoms with Crippen LogP contribution in [0.15, 0.2) is 0 Å². The fourth-order valence-corrected chi connectivity index (χ4v) is 7.88. The van der Waals surface area contributed by atoms with Crippen molar-refractivity contribution in [3.05, 3.63) is 0 Å². The van der Waals surface area contributed by atoms with Crippen LogP contribution in [0.4, 0.5) is 0 Å². The number of nitrogens with one attached hydrogen (secondary N) is 1. The average Bonchev–Trinajstić information content (AvgIpc) is 3.13. The van der Waals surface area contributed by atoms with Gasteiger partial charge in [-0.15, -0.1) is 0 Å². The molecule has 0 saturated heterocycles. The first kappa shape index (κ1) is 52.5. The Labute approximate surface area is 330 Å². The molecule has 53 heavy (non-hydrogen) atoms. The smallest absolute Gasteiger partial charge is 0.391 e. The lowest BCUT2D eigenvalue weighted by Gasteiger charge is -2.24. The molecule has 0 spiro atoms. The van der Waals surface area contributed by atoms with Crippen LogP contribution in [0.25, 0.3) is 0 Å². The highest BCUT2D eigenvalue weighted by Gasteiger charge is 2.25. The van der Waals surface area contributed by atoms with Crippen molar-refractivity contribution < 1.29 is 28.8 Å². The standard InChI is InChI=1S/C45H92NO6P/c1-3-5-7-9-11-13-15-17-18-19-20-21-22-23-24-25-26-27-28-29-31-33-35-37-39-41-45(48)46-43(42-52-53(49,50)51)44(47)40-38-36-34-32-30-16-14-12-10-8-6-4-2/h43-44,47H,3-42H2,1-2H3,(H,46,48)(H2,49,50,51)/t43-,44+/m0/s1. The number of aliphatic hydroxyl groups is 1. The highest BCUT2D eigenvalue weighted by Crippen LogP contribution is 2.36. The molecule has 0 aliphatic heterocycles. The maximum atomic E-state index is 12.6. The lowest BCUT2D eigenvalue weighted by Crippen LogP contribution is -2.46. The van der Waals surface area contributed by atoms with E-state index in [1.54, 1.807) is 0 Å². The number of phosphoric ester groups is 1. The van der Waals surface area contributed by atoms with E-state index in [2.05, 4.69) is 23.7 Å². The van der Waals surface area contributed by atoms with Crippen LogP contribution in [0.5, 0.6) is 0 Å². The molecule has 0 rings (SSSR count). The van der Waals surface area contributed by atoms with Crippen LogP contribution in [0.1, 0.15) is 264 Å². The molecular formula is C45H92NO6P. The molecule has 0 aromatic heterocycles. The van der Waals surface area contributed by atoms with Gasteiger partial charge < -0.3 is 20.2 Å². The van der Waals surface area contributed by atoms with Crippen molar-refractivity contribution in [2.45, 2.75) is 276 Å². The van der Waals surface area contributed by atoms with Crippen LogP contribution in [0, 0.1) is 0 Å². The van der Waals surface area contributed by atoms with Crippen molar-refractivity contribution in [1.82, 2.24) is 5.32 Å². The number of unbranched alkanes of at least 4 members (excludes halogenated alkanes) is 35. The summed E-state index contributed by atoms with van der Waals surface area (Å²) in [5.74, 6) is -0.188. The van der Waals surface area contributed by atoms with Crippen LogP contribution < -0.4 is 5.32 Å². The predicted octanol–water partition coefficient (Wildman–Crippen LogP) is 14.2. The number of hydrogen-bond donors (Lipinski definition) is 4. The normalized spacial score (nSPS) is 13.1. The average molecular weight is 774 g/mol. The summed E-state index contributed by atoms with van der Waals surface area (Å²) in [7, 11) is -4.69. The van der Waals surface area contributed by atoms with Gasteiger partial charge >= 0.3 is 7.82 Å². The van der Waals surface area contributed by atoms with Crippen molar-refractivity contribution in [1.29, 1.82) is 0 Å². The van der Waals surface area contributed by atoms with E-state index in [1.165, 1.54) is 199 Å². The summed E-state index contributed by atoms with van der Waals surface area (Å²) in [5, 5.41) is 13.5. The molecule has 318 valence electrons. The summed E-state index contributed by atoms with van der Waals surface area (Å²) in [4.78, 5) is 31.0. The van der Waals surface area contributed by atoms with E-state index in [1.807, 2.05) is 0 Å². The van der Waals surface area contributed by atoms with E-state index < -0.39 is 26.6 Å². The highest BCUT2D eigenvalue weighted by atomic mass is 31.2. The van der Waals surface area contributed by atoms with E-state index in [-0.39, 0.29) is 5.91 Å². The lowest BCUT2D eigenvalue weighted by molar-refractivity contribution is -0.123. The fraction of sp³-hybridized carbons (Fsp3) is 0.978. The Morgan fingerprint density at radius 1 is 0.472 bits per heavy atom. The molecule has 1 amide bonds. The molecule has 0 heterocycles. The van der Waals surface area contributed by atoms with Gasteiger partial charge in [-0.2, -0.15) is 0 Å². The number of amides is 1. The second kappa shape index (κ2) is 41.2. The predicted molar refractivity (Wildman–Crippen MR) is 227 cm³/mol. The van der Waals surface area contributed by atoms with Crippen LogP contribution >= 0.6 is 7.82 Å². The molecule has 8 heteroatoms. The molecule has 7 nitrogen and oxygen atoms in total. The first-order chi connectivity index (χ1) is 25.8. The van der Waals surface area contributed by atoms with Crippen molar-refractivity contribution in [3.8, 4) is 0 Å². The number of phosphoric acid groups is 1. The third kappa shape index (κ3) is 42.5. The minimum atomic E-state index is -4.69. The second-order valence-electron chi connectivity index (χ2n) is 16.4. The monoisotopic (exact) mass is 774 g/mol. The van der Waals surface area contributed by atoms with Crippen LogP contribution in [0.2, 0.25) is 0 Å². The number of aliphatic hydroxyl groups excluding tert-OH is 1. The molecular weight excluding hydrogens is 681 g/mol. The maximum Gasteiger partial charge on any atom is 0.469 e. The highest BCUT2D eigenvalue weighted by molar-refractivity contribution is 7.46. The molecule has 0 fully saturated rings. The van der Waals surface area contributed by atoms with Gasteiger partial charge in [0.2, 0.25) is 5.91 Å². The Hall–Kier alpha value is -0.460. The summed E-state index contributed by atoms with van der Waals surface area (Å²) in [6.07, 6.45) is 48.2. The minimum Gasteiger partial charge on any atom is -0.391 e. The molecule has 0 aromatic carbocycles. The van der Waals surface area contributed by atoms with Crippen LogP contribution in [-0.2, 0) is 13.9 Å². The van der Waals surface area contributed by atoms with Gasteiger partial charge in [-0.1, -0.05) is 245 Å². The van der Waals surface area contributed by atoms with Gasteiger partial charge in [0.05, 0.1) is 18.8 Å². The SMILES string of the molecule is CCCCCCCCCCCCCCCCCCCCCCCCCCCC(=O)N[C@@H](COP(=O)(O)O)[C@H](O)CCCCCCCCCCCCCC. The first-order valence-electron chi connectivity index (χ1n) is 23.5. The minimum absolute atomic E-state index is 0.188. The Morgan fingerprint density at radius 3 is 1.02 bits per heavy atom. The summed E-state index contributed by atoms with van der Waals surface area (Å²) in [6, 6.07) is -0.818. The molecule has 0 aliphatic rings. The molecule has 0 radical (unpaired) electrons. The van der Waals surface area contributed by atoms with Gasteiger partial charge in [0, 0.05) is 6.42 Å². The Morgan fingerprint density at radius 2 is 0.736 bits per heavy atom. The molecule has 0 bridgehead atoms. The number of carbonyl (C=O) groups is 1. The molecule has 0 aromatic rings. The van der Waals surface area contributed by atoms with Crippen molar-refractivity contribution in [2.75, 3.05) is 6.61 Å². The van der Waals surface area contributed by atoms with Gasteiger partial charge in [-0.3, -0.25) is 9.32 Å². The summed E-state index contributed by atoms with van der Waals surface area (Å²) in [6.45, 7) is 4.14. The summed E-state index contributed by atoms with van der Waals surface area (Å²) >= 11 is 0. The van der Waals surface area contributed by atoms with Crippen LogP contribution in [0.3, 0.4) is 0 Å². The largest absolute Gasteiger partial charge is 0.469 e. The van der Waals surface area contributed by atoms with E-state index in [4.69, 9.17) is 0 Å². The van der Waals surface area contributed by atoms with Crippen molar-refractivity contribution in [2.24, 2.45) is 0 Å². The van der Waals surface area contributed by atoms with E-state index in [9.17, 15) is 24.3 Å². The zero-order valence-corrected chi connectivity index (χ0v) is 36.3. The first-order valence-corrected chi connectivity index (χ1v) is 25.0. The van der Waals surface area contributed by atoms with Gasteiger partial charge in [-0.25, -0.2) is 4.57 Å². The number of rotatable bonds is 44. The zero-order chi connectivity index (χ0) is 38.9. The van der Waals surface area contributed by atoms with Crippen molar-refractivity contribution in [3.63, 3.8) is 0 Å². The van der Waals surface area contributed by atoms with E-state index >= 15 is 0 Å². The molecule has 0 saturated carbocycles. The van der Waals surface area contributed by atoms with Gasteiger partial charge in [0.1, 0.15) is 0 Å². The summed E-state index contributed by atoms with van der Waals surface area (Å²) in [5.41, 5.74) is 0. The molecule has 4 N–H and O–H groups in total. The molecule has 2 atom stereocenters. The van der Waals surface area contributed by atoms with E-state index in [0.29, 0.717) is 12.8 Å². The van der Waals surface area contributed by atoms with Gasteiger partial charge in [0.15, 0.2) is 0 Å². The number of carbonyl (C=O) groups excluding carboxylic acids is 1. The lowest BCUT2D eigenvalue weighted by atomic mass is 10.0. The Bertz CT molecular complexity index is 793. The quantitative estimate of drug-likeness (QED) is 0.0362. The third-order valence-corrected chi connectivity index (χ3v) is 11.6. The maximum absolute atomic E-state index is 12.6. The zero-order valence-electron chi connectivity index (χ0n) is 35.5. The Balaban J connectivity index is 3.72. The van der Waals surface area contributed by atoms with Gasteiger partial charge in [-0.05, 0) is 12.8 Å². The van der Waals surface area contributed by atoms with Gasteiger partial charge in [0.25, 0.3) is 0 Å². The third-order valence-electron chi connectivity index (χ3n) is 11.1. The van der Waals surface area contributed by atoms with E-state index in [0.717, 1.165) is 38.5 Å². The summed E-state index contributed by atoms with van der Waals surface area (Å²) < 4.78 is 16.0.